The third-order valence-electron chi connectivity index (χ3n) is 2.54. The highest BCUT2D eigenvalue weighted by Crippen LogP contribution is 2.01. The molecule has 100 valence electrons. The minimum Gasteiger partial charge on any atom is -0.369 e. The van der Waals surface area contributed by atoms with Crippen LogP contribution in [0.4, 0.5) is 5.82 Å². The number of aromatic nitrogens is 2. The molecule has 18 heavy (non-hydrogen) atoms. The smallest absolute Gasteiger partial charge is 0.271 e. The van der Waals surface area contributed by atoms with Gasteiger partial charge in [0.2, 0.25) is 0 Å². The summed E-state index contributed by atoms with van der Waals surface area (Å²) in [4.78, 5) is 19.9. The molecule has 0 radical (unpaired) electrons. The fourth-order valence-electron chi connectivity index (χ4n) is 1.40. The fourth-order valence-corrected chi connectivity index (χ4v) is 1.40. The van der Waals surface area contributed by atoms with Crippen molar-refractivity contribution >= 4 is 11.7 Å². The van der Waals surface area contributed by atoms with Crippen LogP contribution >= 0.6 is 0 Å². The van der Waals surface area contributed by atoms with Gasteiger partial charge in [-0.3, -0.25) is 4.79 Å². The van der Waals surface area contributed by atoms with Gasteiger partial charge in [-0.25, -0.2) is 9.97 Å². The van der Waals surface area contributed by atoms with Crippen LogP contribution in [0.25, 0.3) is 0 Å². The third-order valence-corrected chi connectivity index (χ3v) is 2.54. The van der Waals surface area contributed by atoms with Gasteiger partial charge in [-0.05, 0) is 12.8 Å². The molecule has 5 nitrogen and oxygen atoms in total. The second kappa shape index (κ2) is 8.44. The average Bonchev–Trinajstić information content (AvgIpc) is 2.40. The Balaban J connectivity index is 2.41. The highest BCUT2D eigenvalue weighted by atomic mass is 16.1. The van der Waals surface area contributed by atoms with Crippen molar-refractivity contribution < 1.29 is 4.79 Å². The van der Waals surface area contributed by atoms with E-state index in [1.807, 2.05) is 0 Å². The standard InChI is InChI=1S/C13H22N4O/c1-3-5-7-14-12-10-16-11(9-17-12)13(18)15-8-6-4-2/h9-10H,3-8H2,1-2H3,(H,14,17)(H,15,18). The maximum absolute atomic E-state index is 11.7. The quantitative estimate of drug-likeness (QED) is 0.694. The van der Waals surface area contributed by atoms with Gasteiger partial charge in [-0.15, -0.1) is 0 Å². The summed E-state index contributed by atoms with van der Waals surface area (Å²) >= 11 is 0. The highest BCUT2D eigenvalue weighted by molar-refractivity contribution is 5.91. The zero-order valence-corrected chi connectivity index (χ0v) is 11.2. The first-order valence-electron chi connectivity index (χ1n) is 6.62. The van der Waals surface area contributed by atoms with E-state index in [-0.39, 0.29) is 5.91 Å². The van der Waals surface area contributed by atoms with Gasteiger partial charge in [-0.1, -0.05) is 26.7 Å². The number of anilines is 1. The van der Waals surface area contributed by atoms with Crippen molar-refractivity contribution in [2.75, 3.05) is 18.4 Å². The van der Waals surface area contributed by atoms with Crippen molar-refractivity contribution in [2.45, 2.75) is 39.5 Å². The minimum absolute atomic E-state index is 0.156. The molecule has 0 aliphatic heterocycles. The largest absolute Gasteiger partial charge is 0.369 e. The molecule has 0 saturated heterocycles. The van der Waals surface area contributed by atoms with Crippen LogP contribution in [-0.4, -0.2) is 29.0 Å². The summed E-state index contributed by atoms with van der Waals surface area (Å²) in [5.74, 6) is 0.560. The Morgan fingerprint density at radius 3 is 2.44 bits per heavy atom. The summed E-state index contributed by atoms with van der Waals surface area (Å²) in [5.41, 5.74) is 0.368. The van der Waals surface area contributed by atoms with Crippen molar-refractivity contribution in [1.82, 2.24) is 15.3 Å². The summed E-state index contributed by atoms with van der Waals surface area (Å²) in [6, 6.07) is 0. The van der Waals surface area contributed by atoms with Gasteiger partial charge in [0.25, 0.3) is 5.91 Å². The van der Waals surface area contributed by atoms with E-state index >= 15 is 0 Å². The number of amides is 1. The third kappa shape index (κ3) is 5.12. The van der Waals surface area contributed by atoms with E-state index in [9.17, 15) is 4.79 Å². The molecule has 1 heterocycles. The van der Waals surface area contributed by atoms with Crippen molar-refractivity contribution in [2.24, 2.45) is 0 Å². The number of rotatable bonds is 8. The molecule has 0 aromatic carbocycles. The van der Waals surface area contributed by atoms with Gasteiger partial charge in [-0.2, -0.15) is 0 Å². The molecular formula is C13H22N4O. The van der Waals surface area contributed by atoms with Crippen molar-refractivity contribution in [1.29, 1.82) is 0 Å². The molecule has 0 unspecified atom stereocenters. The minimum atomic E-state index is -0.156. The molecule has 0 fully saturated rings. The monoisotopic (exact) mass is 250 g/mol. The Labute approximate surface area is 108 Å². The van der Waals surface area contributed by atoms with Gasteiger partial charge in [0.1, 0.15) is 11.5 Å². The SMILES string of the molecule is CCCCNC(=O)c1cnc(NCCCC)cn1. The van der Waals surface area contributed by atoms with Crippen LogP contribution < -0.4 is 10.6 Å². The molecule has 1 rings (SSSR count). The molecule has 0 aliphatic rings. The molecular weight excluding hydrogens is 228 g/mol. The molecule has 0 bridgehead atoms. The highest BCUT2D eigenvalue weighted by Gasteiger charge is 2.06. The Bertz CT molecular complexity index is 351. The zero-order valence-electron chi connectivity index (χ0n) is 11.2. The molecule has 0 saturated carbocycles. The zero-order chi connectivity index (χ0) is 13.2. The summed E-state index contributed by atoms with van der Waals surface area (Å²) in [6.07, 6.45) is 7.39. The van der Waals surface area contributed by atoms with E-state index in [4.69, 9.17) is 0 Å². The predicted molar refractivity (Wildman–Crippen MR) is 72.7 cm³/mol. The Morgan fingerprint density at radius 1 is 1.11 bits per heavy atom. The van der Waals surface area contributed by atoms with Gasteiger partial charge >= 0.3 is 0 Å². The van der Waals surface area contributed by atoms with Gasteiger partial charge < -0.3 is 10.6 Å². The molecule has 5 heteroatoms. The first-order valence-corrected chi connectivity index (χ1v) is 6.62. The van der Waals surface area contributed by atoms with Crippen molar-refractivity contribution in [3.63, 3.8) is 0 Å². The normalized spacial score (nSPS) is 10.1. The molecule has 2 N–H and O–H groups in total. The maximum Gasteiger partial charge on any atom is 0.271 e. The fraction of sp³-hybridized carbons (Fsp3) is 0.615. The molecule has 0 atom stereocenters. The lowest BCUT2D eigenvalue weighted by molar-refractivity contribution is 0.0948. The van der Waals surface area contributed by atoms with E-state index in [2.05, 4.69) is 34.4 Å². The van der Waals surface area contributed by atoms with Crippen LogP contribution in [0.1, 0.15) is 50.0 Å². The van der Waals surface area contributed by atoms with Crippen molar-refractivity contribution in [3.05, 3.63) is 18.1 Å². The molecule has 0 spiro atoms. The van der Waals surface area contributed by atoms with Crippen LogP contribution in [0, 0.1) is 0 Å². The van der Waals surface area contributed by atoms with Gasteiger partial charge in [0, 0.05) is 13.1 Å². The second-order valence-electron chi connectivity index (χ2n) is 4.18. The number of hydrogen-bond donors (Lipinski definition) is 2. The average molecular weight is 250 g/mol. The van der Waals surface area contributed by atoms with Crippen LogP contribution in [0.2, 0.25) is 0 Å². The molecule has 1 amide bonds. The topological polar surface area (TPSA) is 66.9 Å². The second-order valence-corrected chi connectivity index (χ2v) is 4.18. The van der Waals surface area contributed by atoms with Gasteiger partial charge in [0.05, 0.1) is 12.4 Å². The number of hydrogen-bond acceptors (Lipinski definition) is 4. The van der Waals surface area contributed by atoms with Crippen LogP contribution in [0.5, 0.6) is 0 Å². The summed E-state index contributed by atoms with van der Waals surface area (Å²) in [7, 11) is 0. The van der Waals surface area contributed by atoms with Crippen LogP contribution in [-0.2, 0) is 0 Å². The lowest BCUT2D eigenvalue weighted by Gasteiger charge is -2.05. The Kier molecular flexibility index (Phi) is 6.76. The van der Waals surface area contributed by atoms with Crippen molar-refractivity contribution in [3.8, 4) is 0 Å². The number of nitrogens with one attached hydrogen (secondary N) is 2. The van der Waals surface area contributed by atoms with E-state index in [1.54, 1.807) is 6.20 Å². The first kappa shape index (κ1) is 14.4. The molecule has 1 aromatic rings. The van der Waals surface area contributed by atoms with E-state index in [1.165, 1.54) is 6.20 Å². The van der Waals surface area contributed by atoms with Crippen LogP contribution in [0.15, 0.2) is 12.4 Å². The summed E-state index contributed by atoms with van der Waals surface area (Å²) < 4.78 is 0. The Hall–Kier alpha value is -1.65. The lowest BCUT2D eigenvalue weighted by Crippen LogP contribution is -2.25. The van der Waals surface area contributed by atoms with E-state index in [0.29, 0.717) is 18.1 Å². The molecule has 0 aliphatic carbocycles. The van der Waals surface area contributed by atoms with E-state index < -0.39 is 0 Å². The van der Waals surface area contributed by atoms with E-state index in [0.717, 1.165) is 32.2 Å². The maximum atomic E-state index is 11.7. The number of nitrogens with zero attached hydrogens (tertiary/aromatic N) is 2. The Morgan fingerprint density at radius 2 is 1.83 bits per heavy atom. The van der Waals surface area contributed by atoms with Gasteiger partial charge in [0.15, 0.2) is 0 Å². The number of carbonyl (C=O) groups is 1. The lowest BCUT2D eigenvalue weighted by atomic mass is 10.3. The van der Waals surface area contributed by atoms with Crippen LogP contribution in [0.3, 0.4) is 0 Å². The summed E-state index contributed by atoms with van der Waals surface area (Å²) in [5, 5.41) is 5.97. The molecule has 1 aromatic heterocycles. The number of unbranched alkanes of at least 4 members (excludes halogenated alkanes) is 2. The summed E-state index contributed by atoms with van der Waals surface area (Å²) in [6.45, 7) is 5.79. The number of carbonyl (C=O) groups excluding carboxylic acids is 1. The first-order chi connectivity index (χ1) is 8.77. The predicted octanol–water partition coefficient (Wildman–Crippen LogP) is 2.22.